The molecule has 0 saturated carbocycles. The summed E-state index contributed by atoms with van der Waals surface area (Å²) in [5.41, 5.74) is 9.68. The highest BCUT2D eigenvalue weighted by molar-refractivity contribution is 7.15. The van der Waals surface area contributed by atoms with E-state index >= 15 is 0 Å². The Hall–Kier alpha value is -7.08. The number of carbonyl (C=O) groups is 5. The lowest BCUT2D eigenvalue weighted by Crippen LogP contribution is -2.38. The Labute approximate surface area is 502 Å². The van der Waals surface area contributed by atoms with Crippen LogP contribution < -0.4 is 32.3 Å². The first-order valence-corrected chi connectivity index (χ1v) is 31.4. The third-order valence-electron chi connectivity index (χ3n) is 13.2. The number of ether oxygens (including phenoxy) is 2. The van der Waals surface area contributed by atoms with Crippen molar-refractivity contribution in [1.29, 1.82) is 0 Å². The monoisotopic (exact) mass is 1240 g/mol. The molecule has 27 heteroatoms. The molecule has 1 aromatic carbocycles. The van der Waals surface area contributed by atoms with Crippen molar-refractivity contribution in [3.05, 3.63) is 118 Å². The van der Waals surface area contributed by atoms with Gasteiger partial charge in [0.2, 0.25) is 11.8 Å². The van der Waals surface area contributed by atoms with Gasteiger partial charge in [0.05, 0.1) is 53.5 Å². The molecule has 21 nitrogen and oxygen atoms in total. The molecule has 1 aliphatic heterocycles. The molecule has 0 fully saturated rings. The number of nitrogens with one attached hydrogen (secondary N) is 5. The van der Waals surface area contributed by atoms with Crippen molar-refractivity contribution < 1.29 is 38.6 Å². The Balaban J connectivity index is 1.10. The van der Waals surface area contributed by atoms with Crippen LogP contribution in [0.1, 0.15) is 134 Å². The van der Waals surface area contributed by atoms with E-state index in [2.05, 4.69) is 38.1 Å². The molecule has 434 valence electrons. The summed E-state index contributed by atoms with van der Waals surface area (Å²) in [4.78, 5) is 104. The number of nitrogens with zero attached hydrogens (tertiary/aromatic N) is 7. The van der Waals surface area contributed by atoms with Gasteiger partial charge >= 0.3 is 6.09 Å². The maximum atomic E-state index is 14.4. The Bertz CT molecular complexity index is 3650. The average Bonchev–Trinajstić information content (AvgIpc) is 3.92. The van der Waals surface area contributed by atoms with Crippen molar-refractivity contribution in [1.82, 2.24) is 56.2 Å². The fourth-order valence-electron chi connectivity index (χ4n) is 8.81. The van der Waals surface area contributed by atoms with Crippen LogP contribution in [-0.2, 0) is 25.7 Å². The summed E-state index contributed by atoms with van der Waals surface area (Å²) in [6, 6.07) is 10.6. The first-order chi connectivity index (χ1) is 39.7. The number of rotatable bonds is 13. The number of amides is 4. The number of fused-ring (bicyclic) bond motifs is 14. The van der Waals surface area contributed by atoms with E-state index in [1.54, 1.807) is 60.5 Å². The molecule has 0 saturated heterocycles. The van der Waals surface area contributed by atoms with Crippen molar-refractivity contribution >= 4 is 109 Å². The average molecular weight is 1240 g/mol. The lowest BCUT2D eigenvalue weighted by Gasteiger charge is -2.23. The number of nitrogens with two attached hydrogens (primary N) is 1. The van der Waals surface area contributed by atoms with Gasteiger partial charge in [-0.1, -0.05) is 50.8 Å². The number of hydrogen-bond acceptors (Lipinski definition) is 23. The summed E-state index contributed by atoms with van der Waals surface area (Å²) in [6.07, 6.45) is -0.714. The van der Waals surface area contributed by atoms with Gasteiger partial charge in [0.25, 0.3) is 5.91 Å². The zero-order chi connectivity index (χ0) is 59.1. The van der Waals surface area contributed by atoms with Gasteiger partial charge in [0.1, 0.15) is 77.2 Å². The maximum absolute atomic E-state index is 14.4. The summed E-state index contributed by atoms with van der Waals surface area (Å²) in [5.74, 6) is -1.77. The molecule has 0 radical (unpaired) electrons. The molecule has 7 aromatic heterocycles. The predicted molar refractivity (Wildman–Crippen MR) is 326 cm³/mol. The molecular weight excluding hydrogens is 1180 g/mol. The van der Waals surface area contributed by atoms with Crippen LogP contribution in [0.4, 0.5) is 10.6 Å². The largest absolute Gasteiger partial charge is 0.449 e. The van der Waals surface area contributed by atoms with Crippen LogP contribution in [0, 0.1) is 12.8 Å². The lowest BCUT2D eigenvalue weighted by atomic mass is 9.90. The van der Waals surface area contributed by atoms with Gasteiger partial charge in [-0.05, 0) is 57.2 Å². The number of ketones is 1. The van der Waals surface area contributed by atoms with Gasteiger partial charge in [-0.25, -0.2) is 39.7 Å². The van der Waals surface area contributed by atoms with E-state index in [0.717, 1.165) is 4.88 Å². The van der Waals surface area contributed by atoms with Crippen molar-refractivity contribution in [2.75, 3.05) is 32.6 Å². The molecule has 0 spiro atoms. The van der Waals surface area contributed by atoms with Gasteiger partial charge in [-0.15, -0.1) is 68.0 Å². The number of aliphatic hydroxyl groups is 1. The molecule has 8 heterocycles. The summed E-state index contributed by atoms with van der Waals surface area (Å²) in [6.45, 7) is 14.0. The highest BCUT2D eigenvalue weighted by atomic mass is 32.1. The van der Waals surface area contributed by atoms with E-state index in [-0.39, 0.29) is 78.9 Å². The zero-order valence-electron chi connectivity index (χ0n) is 46.4. The Kier molecular flexibility index (Phi) is 19.4. The SMILES string of the molecule is C=C1NCC(=O)N[C@@H]([C@@H](O)c2ccccc2)c2nc(cs2)-c2nc(cs2)-c2nc(-c3nc(NC(=O)OCCCC(C)(C)N)cs3)ccc2-c2nc(cs2)C(=O)N[C@@H](CC(=O)NC)c2nc(c(C)s2)C(=O)C[C@H](C(C)C)c2nc1c(COC)s2. The Morgan fingerprint density at radius 2 is 1.53 bits per heavy atom. The standard InChI is InChI=1S/C56H61N13O8S6/c1-27(2)32-19-38(70)44-29(4)82-53(69-44)34(20-41(71)58-7)61-48(74)36-24-78-49(63-36)31-15-16-33(51-65-40(26-81-51)66-55(75)77-18-12-17-56(5,6)57)60-45(31)35-23-79-52(62-35)37-25-80-54(64-37)46(47(73)30-13-10-9-11-14-30)67-42(72)21-59-28(3)43-39(22-76-8)83-50(32)68-43/h9-11,13-16,23-27,32,34,46-47,59,73H,3,12,17-22,57H2,1-2,4-8H3,(H,58,71)(H,61,74)(H,66,75)(H,67,72)/t32-,34+,46+,47+/m1/s1. The molecule has 83 heavy (non-hydrogen) atoms. The summed E-state index contributed by atoms with van der Waals surface area (Å²) in [7, 11) is 3.07. The van der Waals surface area contributed by atoms with Crippen LogP contribution in [0.5, 0.6) is 0 Å². The Morgan fingerprint density at radius 3 is 2.28 bits per heavy atom. The number of aromatic nitrogens is 7. The number of carbonyl (C=O) groups excluding carboxylic acids is 5. The van der Waals surface area contributed by atoms with Crippen molar-refractivity contribution in [2.24, 2.45) is 11.7 Å². The molecule has 10 bridgehead atoms. The third kappa shape index (κ3) is 14.8. The zero-order valence-corrected chi connectivity index (χ0v) is 51.3. The molecule has 0 unspecified atom stereocenters. The van der Waals surface area contributed by atoms with Crippen LogP contribution in [0.2, 0.25) is 0 Å². The second-order valence-electron chi connectivity index (χ2n) is 20.5. The van der Waals surface area contributed by atoms with E-state index < -0.39 is 36.1 Å². The number of anilines is 1. The minimum atomic E-state index is -1.20. The number of benzene rings is 1. The van der Waals surface area contributed by atoms with Crippen molar-refractivity contribution in [2.45, 2.75) is 96.6 Å². The molecule has 4 atom stereocenters. The fraction of sp³-hybridized carbons (Fsp3) is 0.357. The quantitative estimate of drug-likeness (QED) is 0.0528. The van der Waals surface area contributed by atoms with Crippen molar-refractivity contribution in [3.63, 3.8) is 0 Å². The second kappa shape index (κ2) is 26.7. The van der Waals surface area contributed by atoms with E-state index in [9.17, 15) is 29.1 Å². The molecule has 8 N–H and O–H groups in total. The van der Waals surface area contributed by atoms with Gasteiger partial charge in [-0.2, -0.15) is 0 Å². The third-order valence-corrected chi connectivity index (χ3v) is 18.9. The van der Waals surface area contributed by atoms with Gasteiger partial charge in [0, 0.05) is 64.0 Å². The molecule has 9 rings (SSSR count). The summed E-state index contributed by atoms with van der Waals surface area (Å²) < 4.78 is 11.0. The van der Waals surface area contributed by atoms with E-state index in [1.807, 2.05) is 45.2 Å². The van der Waals surface area contributed by atoms with Gasteiger partial charge in [0.15, 0.2) is 5.78 Å². The highest BCUT2D eigenvalue weighted by Gasteiger charge is 2.33. The van der Waals surface area contributed by atoms with Crippen LogP contribution in [-0.4, -0.2) is 102 Å². The number of hydrogen-bond donors (Lipinski definition) is 7. The number of pyridine rings is 1. The predicted octanol–water partition coefficient (Wildman–Crippen LogP) is 10.1. The number of aryl methyl sites for hydroxylation is 1. The van der Waals surface area contributed by atoms with Crippen LogP contribution in [0.25, 0.3) is 49.1 Å². The molecular formula is C56H61N13O8S6. The molecule has 8 aromatic rings. The normalized spacial score (nSPS) is 16.6. The first kappa shape index (κ1) is 60.5. The van der Waals surface area contributed by atoms with Crippen LogP contribution in [0.15, 0.2) is 70.6 Å². The number of Topliss-reactive ketones (excluding diaryl/α,β-unsaturated/α-hetero) is 1. The molecule has 4 amide bonds. The molecule has 0 aliphatic carbocycles. The lowest BCUT2D eigenvalue weighted by molar-refractivity contribution is -0.122. The van der Waals surface area contributed by atoms with E-state index in [0.29, 0.717) is 93.1 Å². The van der Waals surface area contributed by atoms with Crippen LogP contribution >= 0.6 is 68.0 Å². The summed E-state index contributed by atoms with van der Waals surface area (Å²) >= 11 is 7.62. The topological polar surface area (TPSA) is 300 Å². The number of thiazole rings is 6. The van der Waals surface area contributed by atoms with Gasteiger partial charge < -0.3 is 41.6 Å². The molecule has 1 aliphatic rings. The fourth-order valence-corrected chi connectivity index (χ4v) is 14.4. The van der Waals surface area contributed by atoms with Crippen LogP contribution in [0.3, 0.4) is 0 Å². The minimum absolute atomic E-state index is 0.0496. The second-order valence-corrected chi connectivity index (χ2v) is 26.3. The Morgan fingerprint density at radius 1 is 0.819 bits per heavy atom. The number of methoxy groups -OCH3 is 1. The van der Waals surface area contributed by atoms with Gasteiger partial charge in [-0.3, -0.25) is 24.5 Å². The van der Waals surface area contributed by atoms with E-state index in [4.69, 9.17) is 45.1 Å². The highest BCUT2D eigenvalue weighted by Crippen LogP contribution is 2.41. The smallest absolute Gasteiger partial charge is 0.412 e. The minimum Gasteiger partial charge on any atom is -0.449 e. The summed E-state index contributed by atoms with van der Waals surface area (Å²) in [5, 5.41) is 36.2. The van der Waals surface area contributed by atoms with Crippen molar-refractivity contribution in [3.8, 4) is 43.4 Å². The van der Waals surface area contributed by atoms with E-state index in [1.165, 1.54) is 75.1 Å². The maximum Gasteiger partial charge on any atom is 0.412 e. The number of aliphatic hydroxyl groups excluding tert-OH is 1. The first-order valence-electron chi connectivity index (χ1n) is 26.3.